The van der Waals surface area contributed by atoms with Gasteiger partial charge in [0.25, 0.3) is 5.91 Å². The summed E-state index contributed by atoms with van der Waals surface area (Å²) in [5.41, 5.74) is 1.37. The Morgan fingerprint density at radius 1 is 1.28 bits per heavy atom. The highest BCUT2D eigenvalue weighted by molar-refractivity contribution is 14.0. The number of benzene rings is 1. The van der Waals surface area contributed by atoms with E-state index >= 15 is 0 Å². The summed E-state index contributed by atoms with van der Waals surface area (Å²) in [7, 11) is 3.43. The van der Waals surface area contributed by atoms with Crippen molar-refractivity contribution in [1.82, 2.24) is 15.5 Å². The van der Waals surface area contributed by atoms with E-state index in [9.17, 15) is 4.79 Å². The van der Waals surface area contributed by atoms with Gasteiger partial charge in [0.15, 0.2) is 12.6 Å². The summed E-state index contributed by atoms with van der Waals surface area (Å²) < 4.78 is 5.58. The molecule has 29 heavy (non-hydrogen) atoms. The average molecular weight is 518 g/mol. The highest BCUT2D eigenvalue weighted by Crippen LogP contribution is 2.21. The quantitative estimate of drug-likeness (QED) is 0.294. The van der Waals surface area contributed by atoms with E-state index in [0.717, 1.165) is 30.9 Å². The van der Waals surface area contributed by atoms with Crippen LogP contribution in [0.15, 0.2) is 29.3 Å². The molecule has 1 amide bonds. The van der Waals surface area contributed by atoms with Gasteiger partial charge >= 0.3 is 0 Å². The lowest BCUT2D eigenvalue weighted by molar-refractivity contribution is -0.130. The Morgan fingerprint density at radius 3 is 2.55 bits per heavy atom. The molecule has 1 aromatic carbocycles. The van der Waals surface area contributed by atoms with Crippen molar-refractivity contribution in [3.8, 4) is 5.75 Å². The van der Waals surface area contributed by atoms with Gasteiger partial charge in [-0.1, -0.05) is 32.9 Å². The monoisotopic (exact) mass is 518 g/mol. The molecule has 166 valence electrons. The molecule has 1 rings (SSSR count). The number of carbonyl (C=O) groups excluding carboxylic acids is 1. The lowest BCUT2D eigenvalue weighted by Gasteiger charge is -2.23. The first-order chi connectivity index (χ1) is 13.1. The molecule has 0 aliphatic heterocycles. The molecule has 0 aromatic heterocycles. The van der Waals surface area contributed by atoms with Crippen molar-refractivity contribution < 1.29 is 9.53 Å². The number of amides is 1. The fraction of sp³-hybridized carbons (Fsp3) is 0.636. The highest BCUT2D eigenvalue weighted by Gasteiger charge is 2.13. The summed E-state index contributed by atoms with van der Waals surface area (Å²) in [6.07, 6.45) is 2.25. The van der Waals surface area contributed by atoms with Crippen LogP contribution in [0, 0.1) is 5.41 Å². The third-order valence-corrected chi connectivity index (χ3v) is 4.23. The minimum atomic E-state index is -0.0636. The van der Waals surface area contributed by atoms with Crippen molar-refractivity contribution >= 4 is 35.8 Å². The van der Waals surface area contributed by atoms with Crippen LogP contribution in [-0.2, 0) is 11.3 Å². The van der Waals surface area contributed by atoms with Crippen molar-refractivity contribution in [2.75, 3.05) is 27.2 Å². The first-order valence-electron chi connectivity index (χ1n) is 10.1. The van der Waals surface area contributed by atoms with Crippen LogP contribution in [0.4, 0.5) is 0 Å². The van der Waals surface area contributed by atoms with Crippen molar-refractivity contribution in [1.29, 1.82) is 0 Å². The predicted octanol–water partition coefficient (Wildman–Crippen LogP) is 4.04. The maximum Gasteiger partial charge on any atom is 0.259 e. The Bertz CT molecular complexity index is 642. The topological polar surface area (TPSA) is 66.0 Å². The van der Waals surface area contributed by atoms with E-state index < -0.39 is 0 Å². The van der Waals surface area contributed by atoms with Gasteiger partial charge in [-0.3, -0.25) is 4.79 Å². The summed E-state index contributed by atoms with van der Waals surface area (Å²) in [6.45, 7) is 12.4. The Morgan fingerprint density at radius 2 is 1.97 bits per heavy atom. The van der Waals surface area contributed by atoms with Crippen LogP contribution in [0.25, 0.3) is 0 Å². The molecule has 1 atom stereocenters. The predicted molar refractivity (Wildman–Crippen MR) is 132 cm³/mol. The minimum absolute atomic E-state index is 0. The number of ether oxygens (including phenoxy) is 1. The SMILES string of the molecule is CCNC(=NCc1cccc(OCC(=O)N(C)C)c1)NC(C)CCC(C)(C)C.I. The molecule has 0 aliphatic carbocycles. The van der Waals surface area contributed by atoms with Gasteiger partial charge in [0, 0.05) is 26.7 Å². The molecular formula is C22H39IN4O2. The van der Waals surface area contributed by atoms with Crippen molar-refractivity contribution in [2.45, 2.75) is 60.0 Å². The minimum Gasteiger partial charge on any atom is -0.484 e. The van der Waals surface area contributed by atoms with E-state index in [1.807, 2.05) is 24.3 Å². The number of guanidine groups is 1. The zero-order chi connectivity index (χ0) is 21.2. The van der Waals surface area contributed by atoms with E-state index in [2.05, 4.69) is 45.3 Å². The number of likely N-dealkylation sites (N-methyl/N-ethyl adjacent to an activating group) is 1. The third kappa shape index (κ3) is 12.6. The zero-order valence-electron chi connectivity index (χ0n) is 19.0. The molecule has 1 unspecified atom stereocenters. The molecule has 6 nitrogen and oxygen atoms in total. The third-order valence-electron chi connectivity index (χ3n) is 4.23. The standard InChI is InChI=1S/C22H38N4O2.HI/c1-8-23-21(25-17(2)12-13-22(3,4)5)24-15-18-10-9-11-19(14-18)28-16-20(27)26(6)7;/h9-11,14,17H,8,12-13,15-16H2,1-7H3,(H2,23,24,25);1H. The van der Waals surface area contributed by atoms with E-state index in [1.165, 1.54) is 4.90 Å². The van der Waals surface area contributed by atoms with Crippen LogP contribution in [0.3, 0.4) is 0 Å². The second kappa shape index (κ2) is 13.7. The number of aliphatic imine (C=N–C) groups is 1. The van der Waals surface area contributed by atoms with Crippen molar-refractivity contribution in [3.05, 3.63) is 29.8 Å². The number of hydrogen-bond acceptors (Lipinski definition) is 3. The largest absolute Gasteiger partial charge is 0.484 e. The highest BCUT2D eigenvalue weighted by atomic mass is 127. The fourth-order valence-corrected chi connectivity index (χ4v) is 2.45. The summed E-state index contributed by atoms with van der Waals surface area (Å²) in [5, 5.41) is 6.79. The number of nitrogens with zero attached hydrogens (tertiary/aromatic N) is 2. The van der Waals surface area contributed by atoms with E-state index in [1.54, 1.807) is 14.1 Å². The van der Waals surface area contributed by atoms with E-state index in [0.29, 0.717) is 23.8 Å². The average Bonchev–Trinajstić information content (AvgIpc) is 2.62. The summed E-state index contributed by atoms with van der Waals surface area (Å²) in [4.78, 5) is 17.9. The fourth-order valence-electron chi connectivity index (χ4n) is 2.45. The first-order valence-corrected chi connectivity index (χ1v) is 10.1. The Kier molecular flexibility index (Phi) is 13.0. The van der Waals surface area contributed by atoms with Crippen LogP contribution < -0.4 is 15.4 Å². The molecule has 0 fully saturated rings. The van der Waals surface area contributed by atoms with Gasteiger partial charge in [-0.15, -0.1) is 24.0 Å². The van der Waals surface area contributed by atoms with Gasteiger partial charge in [0.1, 0.15) is 5.75 Å². The molecule has 0 saturated heterocycles. The summed E-state index contributed by atoms with van der Waals surface area (Å²) in [5.74, 6) is 1.43. The van der Waals surface area contributed by atoms with E-state index in [-0.39, 0.29) is 36.5 Å². The molecule has 0 radical (unpaired) electrons. The maximum atomic E-state index is 11.7. The molecule has 7 heteroatoms. The van der Waals surface area contributed by atoms with Crippen LogP contribution >= 0.6 is 24.0 Å². The number of nitrogens with one attached hydrogen (secondary N) is 2. The van der Waals surface area contributed by atoms with E-state index in [4.69, 9.17) is 9.73 Å². The van der Waals surface area contributed by atoms with Gasteiger partial charge in [-0.2, -0.15) is 0 Å². The molecule has 0 heterocycles. The Balaban J connectivity index is 0.00000784. The van der Waals surface area contributed by atoms with Gasteiger partial charge in [-0.05, 0) is 49.8 Å². The molecule has 0 spiro atoms. The molecular weight excluding hydrogens is 479 g/mol. The van der Waals surface area contributed by atoms with Crippen LogP contribution in [0.5, 0.6) is 5.75 Å². The summed E-state index contributed by atoms with van der Waals surface area (Å²) in [6, 6.07) is 8.07. The van der Waals surface area contributed by atoms with Gasteiger partial charge in [0.2, 0.25) is 0 Å². The molecule has 0 aliphatic rings. The first kappa shape index (κ1) is 27.5. The number of carbonyl (C=O) groups is 1. The van der Waals surface area contributed by atoms with Crippen LogP contribution in [0.1, 0.15) is 53.0 Å². The molecule has 0 saturated carbocycles. The van der Waals surface area contributed by atoms with Crippen molar-refractivity contribution in [2.24, 2.45) is 10.4 Å². The normalized spacial score (nSPS) is 12.6. The Labute approximate surface area is 193 Å². The van der Waals surface area contributed by atoms with Gasteiger partial charge in [0.05, 0.1) is 6.54 Å². The number of hydrogen-bond donors (Lipinski definition) is 2. The molecule has 2 N–H and O–H groups in total. The zero-order valence-corrected chi connectivity index (χ0v) is 21.4. The van der Waals surface area contributed by atoms with Gasteiger partial charge < -0.3 is 20.3 Å². The van der Waals surface area contributed by atoms with Crippen LogP contribution in [-0.4, -0.2) is 50.1 Å². The molecule has 1 aromatic rings. The molecule has 0 bridgehead atoms. The second-order valence-corrected chi connectivity index (χ2v) is 8.56. The Hall–Kier alpha value is -1.51. The summed E-state index contributed by atoms with van der Waals surface area (Å²) >= 11 is 0. The maximum absolute atomic E-state index is 11.7. The smallest absolute Gasteiger partial charge is 0.259 e. The lowest BCUT2D eigenvalue weighted by Crippen LogP contribution is -2.42. The van der Waals surface area contributed by atoms with Gasteiger partial charge in [-0.25, -0.2) is 4.99 Å². The number of halogens is 1. The van der Waals surface area contributed by atoms with Crippen molar-refractivity contribution in [3.63, 3.8) is 0 Å². The number of rotatable bonds is 9. The second-order valence-electron chi connectivity index (χ2n) is 8.56. The lowest BCUT2D eigenvalue weighted by atomic mass is 9.89. The van der Waals surface area contributed by atoms with Crippen LogP contribution in [0.2, 0.25) is 0 Å².